The van der Waals surface area contributed by atoms with E-state index in [4.69, 9.17) is 4.74 Å². The van der Waals surface area contributed by atoms with Crippen molar-refractivity contribution in [2.75, 3.05) is 26.3 Å². The zero-order valence-corrected chi connectivity index (χ0v) is 18.0. The fourth-order valence-corrected chi connectivity index (χ4v) is 4.03. The Morgan fingerprint density at radius 2 is 1.76 bits per heavy atom. The summed E-state index contributed by atoms with van der Waals surface area (Å²) in [6.07, 6.45) is 4.76. The van der Waals surface area contributed by atoms with E-state index in [-0.39, 0.29) is 17.5 Å². The molecule has 1 aliphatic rings. The van der Waals surface area contributed by atoms with E-state index in [1.807, 2.05) is 0 Å². The highest BCUT2D eigenvalue weighted by atomic mass is 19.1. The molecular weight excluding hydrogens is 423 g/mol. The van der Waals surface area contributed by atoms with Crippen LogP contribution in [0.3, 0.4) is 0 Å². The second-order valence-corrected chi connectivity index (χ2v) is 7.86. The Kier molecular flexibility index (Phi) is 5.43. The van der Waals surface area contributed by atoms with Gasteiger partial charge >= 0.3 is 0 Å². The molecule has 0 atom stereocenters. The molecule has 7 nitrogen and oxygen atoms in total. The summed E-state index contributed by atoms with van der Waals surface area (Å²) in [4.78, 5) is 35.8. The predicted molar refractivity (Wildman–Crippen MR) is 121 cm³/mol. The molecule has 4 aromatic rings. The van der Waals surface area contributed by atoms with Gasteiger partial charge in [0.25, 0.3) is 5.91 Å². The average molecular weight is 444 g/mol. The summed E-state index contributed by atoms with van der Waals surface area (Å²) in [5.41, 5.74) is 2.63. The van der Waals surface area contributed by atoms with Gasteiger partial charge in [0.05, 0.1) is 18.7 Å². The number of ketones is 1. The first-order valence-corrected chi connectivity index (χ1v) is 10.6. The summed E-state index contributed by atoms with van der Waals surface area (Å²) in [7, 11) is 0. The summed E-state index contributed by atoms with van der Waals surface area (Å²) < 4.78 is 21.2. The molecule has 0 aliphatic carbocycles. The zero-order valence-electron chi connectivity index (χ0n) is 18.0. The van der Waals surface area contributed by atoms with Crippen LogP contribution in [0.5, 0.6) is 0 Å². The summed E-state index contributed by atoms with van der Waals surface area (Å²) in [6, 6.07) is 11.7. The average Bonchev–Trinajstić information content (AvgIpc) is 3.24. The Morgan fingerprint density at radius 1 is 1.03 bits per heavy atom. The quantitative estimate of drug-likeness (QED) is 0.446. The maximum atomic E-state index is 14.1. The fourth-order valence-electron chi connectivity index (χ4n) is 4.03. The third-order valence-electron chi connectivity index (χ3n) is 5.77. The highest BCUT2D eigenvalue weighted by Crippen LogP contribution is 2.27. The van der Waals surface area contributed by atoms with Gasteiger partial charge < -0.3 is 9.64 Å². The molecule has 1 fully saturated rings. The van der Waals surface area contributed by atoms with Crippen molar-refractivity contribution in [3.05, 3.63) is 78.0 Å². The van der Waals surface area contributed by atoms with Crippen LogP contribution in [0.25, 0.3) is 28.0 Å². The zero-order chi connectivity index (χ0) is 22.9. The number of carbonyl (C=O) groups is 2. The van der Waals surface area contributed by atoms with E-state index in [1.165, 1.54) is 13.0 Å². The summed E-state index contributed by atoms with van der Waals surface area (Å²) in [5, 5.41) is 0.711. The van der Waals surface area contributed by atoms with Gasteiger partial charge in [0.15, 0.2) is 5.78 Å². The van der Waals surface area contributed by atoms with Gasteiger partial charge in [-0.25, -0.2) is 14.4 Å². The largest absolute Gasteiger partial charge is 0.378 e. The van der Waals surface area contributed by atoms with Crippen LogP contribution in [0.4, 0.5) is 4.39 Å². The van der Waals surface area contributed by atoms with Gasteiger partial charge in [0.1, 0.15) is 5.82 Å². The maximum absolute atomic E-state index is 14.1. The van der Waals surface area contributed by atoms with Crippen LogP contribution >= 0.6 is 0 Å². The minimum Gasteiger partial charge on any atom is -0.378 e. The molecule has 2 aromatic carbocycles. The standard InChI is InChI=1S/C25H21FN4O3/c1-16(31)21-15-30(25-27-13-18(14-28-25)19-4-2-3-5-22(19)26)23-12-17(6-7-20(21)23)24(32)29-8-10-33-11-9-29/h2-7,12-15H,8-11H2,1H3. The molecule has 0 spiro atoms. The van der Waals surface area contributed by atoms with E-state index in [1.54, 1.807) is 64.5 Å². The van der Waals surface area contributed by atoms with Crippen molar-refractivity contribution in [3.63, 3.8) is 0 Å². The summed E-state index contributed by atoms with van der Waals surface area (Å²) in [5.74, 6) is -0.226. The van der Waals surface area contributed by atoms with Gasteiger partial charge in [-0.05, 0) is 25.1 Å². The highest BCUT2D eigenvalue weighted by molar-refractivity contribution is 6.09. The van der Waals surface area contributed by atoms with E-state index < -0.39 is 0 Å². The smallest absolute Gasteiger partial charge is 0.254 e. The van der Waals surface area contributed by atoms with E-state index in [9.17, 15) is 14.0 Å². The number of morpholine rings is 1. The predicted octanol–water partition coefficient (Wildman–Crippen LogP) is 3.90. The van der Waals surface area contributed by atoms with Crippen molar-refractivity contribution in [1.82, 2.24) is 19.4 Å². The molecule has 8 heteroatoms. The van der Waals surface area contributed by atoms with Crippen molar-refractivity contribution < 1.29 is 18.7 Å². The third-order valence-corrected chi connectivity index (χ3v) is 5.77. The van der Waals surface area contributed by atoms with Gasteiger partial charge in [-0.2, -0.15) is 0 Å². The van der Waals surface area contributed by atoms with Crippen LogP contribution in [-0.4, -0.2) is 57.4 Å². The van der Waals surface area contributed by atoms with E-state index in [2.05, 4.69) is 9.97 Å². The number of aromatic nitrogens is 3. The molecule has 0 bridgehead atoms. The fraction of sp³-hybridized carbons (Fsp3) is 0.200. The van der Waals surface area contributed by atoms with Gasteiger partial charge in [-0.15, -0.1) is 0 Å². The van der Waals surface area contributed by atoms with E-state index >= 15 is 0 Å². The molecule has 1 amide bonds. The number of halogens is 1. The van der Waals surface area contributed by atoms with Crippen molar-refractivity contribution in [2.45, 2.75) is 6.92 Å². The van der Waals surface area contributed by atoms with E-state index in [0.717, 1.165) is 0 Å². The lowest BCUT2D eigenvalue weighted by atomic mass is 10.1. The normalized spacial score (nSPS) is 13.9. The third kappa shape index (κ3) is 3.89. The molecule has 166 valence electrons. The van der Waals surface area contributed by atoms with Gasteiger partial charge in [-0.3, -0.25) is 14.2 Å². The molecule has 1 saturated heterocycles. The number of benzene rings is 2. The molecule has 3 heterocycles. The number of hydrogen-bond donors (Lipinski definition) is 0. The number of fused-ring (bicyclic) bond motifs is 1. The first-order valence-electron chi connectivity index (χ1n) is 10.6. The number of carbonyl (C=O) groups excluding carboxylic acids is 2. The van der Waals surface area contributed by atoms with Crippen molar-refractivity contribution in [2.24, 2.45) is 0 Å². The SMILES string of the molecule is CC(=O)c1cn(-c2ncc(-c3ccccc3F)cn2)c2cc(C(=O)N3CCOCC3)ccc12. The maximum Gasteiger partial charge on any atom is 0.254 e. The molecule has 0 radical (unpaired) electrons. The second kappa shape index (κ2) is 8.55. The number of amides is 1. The Bertz CT molecular complexity index is 1360. The molecule has 33 heavy (non-hydrogen) atoms. The van der Waals surface area contributed by atoms with Crippen LogP contribution < -0.4 is 0 Å². The van der Waals surface area contributed by atoms with Crippen molar-refractivity contribution in [3.8, 4) is 17.1 Å². The van der Waals surface area contributed by atoms with Crippen LogP contribution in [0.2, 0.25) is 0 Å². The molecule has 5 rings (SSSR count). The topological polar surface area (TPSA) is 77.3 Å². The lowest BCUT2D eigenvalue weighted by Crippen LogP contribution is -2.40. The van der Waals surface area contributed by atoms with Crippen molar-refractivity contribution >= 4 is 22.6 Å². The minimum atomic E-state index is -0.356. The van der Waals surface area contributed by atoms with Crippen LogP contribution in [0.15, 0.2) is 61.1 Å². The lowest BCUT2D eigenvalue weighted by molar-refractivity contribution is 0.0303. The molecule has 1 aliphatic heterocycles. The lowest BCUT2D eigenvalue weighted by Gasteiger charge is -2.26. The monoisotopic (exact) mass is 444 g/mol. The van der Waals surface area contributed by atoms with Gasteiger partial charge in [0.2, 0.25) is 5.95 Å². The molecule has 0 saturated carbocycles. The minimum absolute atomic E-state index is 0.0897. The molecule has 0 N–H and O–H groups in total. The van der Waals surface area contributed by atoms with Gasteiger partial charge in [-0.1, -0.05) is 24.3 Å². The Labute approximate surface area is 189 Å². The molecule has 0 unspecified atom stereocenters. The number of rotatable bonds is 4. The highest BCUT2D eigenvalue weighted by Gasteiger charge is 2.21. The van der Waals surface area contributed by atoms with Crippen LogP contribution in [0, 0.1) is 5.82 Å². The van der Waals surface area contributed by atoms with Crippen LogP contribution in [0.1, 0.15) is 27.6 Å². The second-order valence-electron chi connectivity index (χ2n) is 7.86. The van der Waals surface area contributed by atoms with E-state index in [0.29, 0.717) is 65.4 Å². The number of hydrogen-bond acceptors (Lipinski definition) is 5. The molecular formula is C25H21FN4O3. The Morgan fingerprint density at radius 3 is 2.45 bits per heavy atom. The Balaban J connectivity index is 1.57. The van der Waals surface area contributed by atoms with Crippen LogP contribution in [-0.2, 0) is 4.74 Å². The number of Topliss-reactive ketones (excluding diaryl/α,β-unsaturated/α-hetero) is 1. The Hall–Kier alpha value is -3.91. The number of nitrogens with zero attached hydrogens (tertiary/aromatic N) is 4. The number of ether oxygens (including phenoxy) is 1. The summed E-state index contributed by atoms with van der Waals surface area (Å²) in [6.45, 7) is 3.60. The molecule has 2 aromatic heterocycles. The van der Waals surface area contributed by atoms with Crippen molar-refractivity contribution in [1.29, 1.82) is 0 Å². The first kappa shape index (κ1) is 21.0. The summed E-state index contributed by atoms with van der Waals surface area (Å²) >= 11 is 0. The first-order chi connectivity index (χ1) is 16.0. The van der Waals surface area contributed by atoms with Gasteiger partial charge in [0, 0.05) is 59.3 Å².